The first kappa shape index (κ1) is 18.0. The number of aryl methyl sites for hydroxylation is 1. The van der Waals surface area contributed by atoms with Crippen LogP contribution in [0.2, 0.25) is 0 Å². The van der Waals surface area contributed by atoms with E-state index < -0.39 is 0 Å². The van der Waals surface area contributed by atoms with Crippen molar-refractivity contribution in [3.05, 3.63) is 35.4 Å². The molecule has 1 aliphatic carbocycles. The molecule has 3 atom stereocenters. The molecule has 4 rings (SSSR count). The average Bonchev–Trinajstić information content (AvgIpc) is 3.35. The molecule has 4 heteroatoms. The first-order chi connectivity index (χ1) is 12.7. The van der Waals surface area contributed by atoms with Gasteiger partial charge < -0.3 is 9.64 Å². The van der Waals surface area contributed by atoms with E-state index in [4.69, 9.17) is 4.74 Å². The van der Waals surface area contributed by atoms with Gasteiger partial charge in [-0.3, -0.25) is 9.69 Å². The monoisotopic (exact) mass is 356 g/mol. The molecule has 142 valence electrons. The molecular weight excluding hydrogens is 324 g/mol. The lowest BCUT2D eigenvalue weighted by Crippen LogP contribution is -2.39. The molecule has 4 nitrogen and oxygen atoms in total. The minimum absolute atomic E-state index is 0.155. The maximum atomic E-state index is 12.9. The predicted molar refractivity (Wildman–Crippen MR) is 103 cm³/mol. The van der Waals surface area contributed by atoms with Crippen LogP contribution >= 0.6 is 0 Å². The minimum atomic E-state index is 0.155. The molecule has 0 bridgehead atoms. The number of benzene rings is 1. The Balaban J connectivity index is 1.58. The standard InChI is InChI=1S/C22H32N2O2/c1-3-26-15-21(25)24-13-17-12-23(18-9-5-6-10-18)14-20(17)22(24)19-11-7-4-8-16(19)2/h4,7-8,11,17-18,20,22H,3,5-6,9-10,12-15H2,1-2H3/t17-,20-,22+/m0/s1. The highest BCUT2D eigenvalue weighted by atomic mass is 16.5. The van der Waals surface area contributed by atoms with Gasteiger partial charge in [-0.25, -0.2) is 0 Å². The third-order valence-corrected chi connectivity index (χ3v) is 6.79. The van der Waals surface area contributed by atoms with E-state index in [1.54, 1.807) is 0 Å². The van der Waals surface area contributed by atoms with Crippen LogP contribution in [0.1, 0.15) is 49.8 Å². The van der Waals surface area contributed by atoms with Crippen molar-refractivity contribution >= 4 is 5.91 Å². The van der Waals surface area contributed by atoms with E-state index in [0.29, 0.717) is 18.4 Å². The summed E-state index contributed by atoms with van der Waals surface area (Å²) in [6.07, 6.45) is 5.50. The Morgan fingerprint density at radius 2 is 1.92 bits per heavy atom. The fourth-order valence-electron chi connectivity index (χ4n) is 5.49. The second-order valence-electron chi connectivity index (χ2n) is 8.30. The lowest BCUT2D eigenvalue weighted by Gasteiger charge is -2.32. The molecule has 0 N–H and O–H groups in total. The number of nitrogens with zero attached hydrogens (tertiary/aromatic N) is 2. The zero-order chi connectivity index (χ0) is 18.1. The van der Waals surface area contributed by atoms with E-state index >= 15 is 0 Å². The summed E-state index contributed by atoms with van der Waals surface area (Å²) in [6.45, 7) is 8.13. The quantitative estimate of drug-likeness (QED) is 0.811. The number of rotatable bonds is 5. The second-order valence-corrected chi connectivity index (χ2v) is 8.30. The summed E-state index contributed by atoms with van der Waals surface area (Å²) < 4.78 is 5.45. The molecule has 2 heterocycles. The van der Waals surface area contributed by atoms with E-state index in [1.165, 1.54) is 36.8 Å². The summed E-state index contributed by atoms with van der Waals surface area (Å²) >= 11 is 0. The normalized spacial score (nSPS) is 29.5. The van der Waals surface area contributed by atoms with Crippen LogP contribution in [0, 0.1) is 18.8 Å². The van der Waals surface area contributed by atoms with E-state index in [2.05, 4.69) is 41.0 Å². The van der Waals surface area contributed by atoms with E-state index in [0.717, 1.165) is 25.7 Å². The van der Waals surface area contributed by atoms with Crippen molar-refractivity contribution in [2.24, 2.45) is 11.8 Å². The molecule has 0 radical (unpaired) electrons. The van der Waals surface area contributed by atoms with Crippen LogP contribution in [0.15, 0.2) is 24.3 Å². The van der Waals surface area contributed by atoms with Crippen LogP contribution in [-0.4, -0.2) is 54.6 Å². The van der Waals surface area contributed by atoms with Gasteiger partial charge in [-0.15, -0.1) is 0 Å². The Labute approximate surface area is 157 Å². The molecule has 2 saturated heterocycles. The summed E-state index contributed by atoms with van der Waals surface area (Å²) in [4.78, 5) is 17.7. The number of carbonyl (C=O) groups excluding carboxylic acids is 1. The minimum Gasteiger partial charge on any atom is -0.372 e. The van der Waals surface area contributed by atoms with Crippen LogP contribution in [0.3, 0.4) is 0 Å². The van der Waals surface area contributed by atoms with Crippen molar-refractivity contribution < 1.29 is 9.53 Å². The maximum absolute atomic E-state index is 12.9. The molecular formula is C22H32N2O2. The number of hydrogen-bond donors (Lipinski definition) is 0. The van der Waals surface area contributed by atoms with Gasteiger partial charge in [0, 0.05) is 38.2 Å². The molecule has 1 amide bonds. The highest BCUT2D eigenvalue weighted by Gasteiger charge is 2.50. The highest BCUT2D eigenvalue weighted by Crippen LogP contribution is 2.47. The summed E-state index contributed by atoms with van der Waals surface area (Å²) in [5.74, 6) is 1.31. The third-order valence-electron chi connectivity index (χ3n) is 6.79. The molecule has 0 aromatic heterocycles. The fraction of sp³-hybridized carbons (Fsp3) is 0.682. The van der Waals surface area contributed by atoms with Crippen molar-refractivity contribution in [1.82, 2.24) is 9.80 Å². The third kappa shape index (κ3) is 3.29. The van der Waals surface area contributed by atoms with Crippen LogP contribution in [0.5, 0.6) is 0 Å². The van der Waals surface area contributed by atoms with Crippen molar-refractivity contribution in [1.29, 1.82) is 0 Å². The van der Waals surface area contributed by atoms with Gasteiger partial charge in [-0.05, 0) is 43.7 Å². The number of fused-ring (bicyclic) bond motifs is 1. The van der Waals surface area contributed by atoms with Crippen LogP contribution in [-0.2, 0) is 9.53 Å². The van der Waals surface area contributed by atoms with Crippen molar-refractivity contribution in [2.45, 2.75) is 51.6 Å². The molecule has 1 saturated carbocycles. The first-order valence-corrected chi connectivity index (χ1v) is 10.4. The lowest BCUT2D eigenvalue weighted by atomic mass is 9.87. The molecule has 1 aromatic carbocycles. The Hall–Kier alpha value is -1.39. The summed E-state index contributed by atoms with van der Waals surface area (Å²) in [5, 5.41) is 0. The number of ether oxygens (including phenoxy) is 1. The zero-order valence-corrected chi connectivity index (χ0v) is 16.2. The Morgan fingerprint density at radius 1 is 1.15 bits per heavy atom. The molecule has 3 aliphatic rings. The van der Waals surface area contributed by atoms with Gasteiger partial charge >= 0.3 is 0 Å². The summed E-state index contributed by atoms with van der Waals surface area (Å²) in [5.41, 5.74) is 2.63. The van der Waals surface area contributed by atoms with Crippen molar-refractivity contribution in [3.63, 3.8) is 0 Å². The van der Waals surface area contributed by atoms with Crippen LogP contribution in [0.4, 0.5) is 0 Å². The topological polar surface area (TPSA) is 32.8 Å². The Bertz CT molecular complexity index is 641. The van der Waals surface area contributed by atoms with Gasteiger partial charge in [0.05, 0.1) is 6.04 Å². The first-order valence-electron chi connectivity index (χ1n) is 10.4. The van der Waals surface area contributed by atoms with Crippen molar-refractivity contribution in [2.75, 3.05) is 32.8 Å². The average molecular weight is 357 g/mol. The van der Waals surface area contributed by atoms with Gasteiger partial charge in [0.2, 0.25) is 5.91 Å². The molecule has 0 spiro atoms. The molecule has 26 heavy (non-hydrogen) atoms. The Morgan fingerprint density at radius 3 is 2.65 bits per heavy atom. The van der Waals surface area contributed by atoms with E-state index in [-0.39, 0.29) is 18.6 Å². The number of amides is 1. The number of hydrogen-bond acceptors (Lipinski definition) is 3. The van der Waals surface area contributed by atoms with E-state index in [1.807, 2.05) is 6.92 Å². The lowest BCUT2D eigenvalue weighted by molar-refractivity contribution is -0.137. The second kappa shape index (κ2) is 7.69. The van der Waals surface area contributed by atoms with Gasteiger partial charge in [0.25, 0.3) is 0 Å². The smallest absolute Gasteiger partial charge is 0.249 e. The van der Waals surface area contributed by atoms with Gasteiger partial charge in [0.1, 0.15) is 6.61 Å². The van der Waals surface area contributed by atoms with Gasteiger partial charge in [-0.1, -0.05) is 37.1 Å². The molecule has 0 unspecified atom stereocenters. The summed E-state index contributed by atoms with van der Waals surface area (Å²) in [7, 11) is 0. The maximum Gasteiger partial charge on any atom is 0.249 e. The van der Waals surface area contributed by atoms with Gasteiger partial charge in [0.15, 0.2) is 0 Å². The molecule has 3 fully saturated rings. The van der Waals surface area contributed by atoms with Crippen LogP contribution < -0.4 is 0 Å². The fourth-order valence-corrected chi connectivity index (χ4v) is 5.49. The number of carbonyl (C=O) groups is 1. The Kier molecular flexibility index (Phi) is 5.32. The number of likely N-dealkylation sites (tertiary alicyclic amines) is 2. The van der Waals surface area contributed by atoms with Crippen LogP contribution in [0.25, 0.3) is 0 Å². The molecule has 2 aliphatic heterocycles. The summed E-state index contributed by atoms with van der Waals surface area (Å²) in [6, 6.07) is 9.60. The molecule has 1 aromatic rings. The van der Waals surface area contributed by atoms with E-state index in [9.17, 15) is 4.79 Å². The SMILES string of the molecule is CCOCC(=O)N1C[C@@H]2CN(C3CCCC3)C[C@@H]2[C@H]1c1ccccc1C. The van der Waals surface area contributed by atoms with Gasteiger partial charge in [-0.2, -0.15) is 0 Å². The predicted octanol–water partition coefficient (Wildman–Crippen LogP) is 3.41. The largest absolute Gasteiger partial charge is 0.372 e. The van der Waals surface area contributed by atoms with Crippen molar-refractivity contribution in [3.8, 4) is 0 Å². The zero-order valence-electron chi connectivity index (χ0n) is 16.2. The highest BCUT2D eigenvalue weighted by molar-refractivity contribution is 5.78.